The summed E-state index contributed by atoms with van der Waals surface area (Å²) in [5, 5.41) is 8.64. The molecule has 0 atom stereocenters. The molecule has 1 rings (SSSR count). The van der Waals surface area contributed by atoms with Crippen LogP contribution in [0.4, 0.5) is 0 Å². The van der Waals surface area contributed by atoms with Gasteiger partial charge >= 0.3 is 0 Å². The first-order chi connectivity index (χ1) is 7.67. The van der Waals surface area contributed by atoms with Crippen molar-refractivity contribution in [3.63, 3.8) is 0 Å². The van der Waals surface area contributed by atoms with Gasteiger partial charge in [0, 0.05) is 25.9 Å². The lowest BCUT2D eigenvalue weighted by molar-refractivity contribution is -0.129. The minimum atomic E-state index is 0.0272. The first-order valence-electron chi connectivity index (χ1n) is 4.96. The molecule has 0 saturated heterocycles. The molecular formula is C12H13ClN2O. The first-order valence-corrected chi connectivity index (χ1v) is 5.50. The number of rotatable bonds is 4. The lowest BCUT2D eigenvalue weighted by Gasteiger charge is -2.16. The number of hydrogen-bond acceptors (Lipinski definition) is 2. The number of benzene rings is 1. The fourth-order valence-corrected chi connectivity index (χ4v) is 1.48. The van der Waals surface area contributed by atoms with E-state index in [2.05, 4.69) is 6.07 Å². The zero-order chi connectivity index (χ0) is 12.0. The van der Waals surface area contributed by atoms with Gasteiger partial charge in [0.05, 0.1) is 11.6 Å². The van der Waals surface area contributed by atoms with Crippen molar-refractivity contribution < 1.29 is 4.79 Å². The average Bonchev–Trinajstić information content (AvgIpc) is 2.30. The van der Waals surface area contributed by atoms with Crippen molar-refractivity contribution in [1.82, 2.24) is 4.90 Å². The molecular weight excluding hydrogens is 224 g/mol. The second-order valence-corrected chi connectivity index (χ2v) is 3.88. The Kier molecular flexibility index (Phi) is 4.81. The summed E-state index contributed by atoms with van der Waals surface area (Å²) in [6.45, 7) is 0.543. The maximum absolute atomic E-state index is 11.5. The average molecular weight is 237 g/mol. The molecule has 1 amide bonds. The van der Waals surface area contributed by atoms with Crippen LogP contribution in [-0.4, -0.2) is 23.7 Å². The van der Waals surface area contributed by atoms with Crippen LogP contribution in [0.5, 0.6) is 0 Å². The van der Waals surface area contributed by atoms with Crippen LogP contribution >= 0.6 is 11.6 Å². The van der Waals surface area contributed by atoms with Crippen LogP contribution in [-0.2, 0) is 11.3 Å². The normalized spacial score (nSPS) is 9.56. The first kappa shape index (κ1) is 12.5. The Morgan fingerprint density at radius 2 is 2.06 bits per heavy atom. The molecule has 0 aliphatic carbocycles. The number of hydrogen-bond donors (Lipinski definition) is 0. The van der Waals surface area contributed by atoms with E-state index in [1.54, 1.807) is 24.1 Å². The van der Waals surface area contributed by atoms with Gasteiger partial charge in [-0.25, -0.2) is 0 Å². The van der Waals surface area contributed by atoms with Crippen molar-refractivity contribution in [2.45, 2.75) is 13.0 Å². The van der Waals surface area contributed by atoms with Gasteiger partial charge in [-0.05, 0) is 17.7 Å². The fraction of sp³-hybridized carbons (Fsp3) is 0.333. The SMILES string of the molecule is CN(Cc1ccc(C#N)cc1)C(=O)CCCl. The highest BCUT2D eigenvalue weighted by Crippen LogP contribution is 2.07. The van der Waals surface area contributed by atoms with E-state index in [0.29, 0.717) is 24.4 Å². The third-order valence-corrected chi connectivity index (χ3v) is 2.43. The van der Waals surface area contributed by atoms with E-state index in [1.165, 1.54) is 0 Å². The van der Waals surface area contributed by atoms with Crippen molar-refractivity contribution in [3.05, 3.63) is 35.4 Å². The van der Waals surface area contributed by atoms with E-state index in [4.69, 9.17) is 16.9 Å². The molecule has 0 spiro atoms. The highest BCUT2D eigenvalue weighted by Gasteiger charge is 2.07. The molecule has 0 heterocycles. The molecule has 0 aliphatic heterocycles. The summed E-state index contributed by atoms with van der Waals surface area (Å²) in [6.07, 6.45) is 0.355. The standard InChI is InChI=1S/C12H13ClN2O/c1-15(12(16)6-7-13)9-11-4-2-10(8-14)3-5-11/h2-5H,6-7,9H2,1H3. The van der Waals surface area contributed by atoms with Gasteiger partial charge in [-0.3, -0.25) is 4.79 Å². The lowest BCUT2D eigenvalue weighted by atomic mass is 10.1. The van der Waals surface area contributed by atoms with E-state index in [-0.39, 0.29) is 5.91 Å². The second kappa shape index (κ2) is 6.14. The zero-order valence-electron chi connectivity index (χ0n) is 9.11. The molecule has 0 radical (unpaired) electrons. The van der Waals surface area contributed by atoms with Gasteiger partial charge in [0.15, 0.2) is 0 Å². The summed E-state index contributed by atoms with van der Waals surface area (Å²) >= 11 is 5.50. The maximum atomic E-state index is 11.5. The Morgan fingerprint density at radius 3 is 2.56 bits per heavy atom. The van der Waals surface area contributed by atoms with Crippen LogP contribution in [0.2, 0.25) is 0 Å². The zero-order valence-corrected chi connectivity index (χ0v) is 9.87. The van der Waals surface area contributed by atoms with Crippen molar-refractivity contribution in [3.8, 4) is 6.07 Å². The molecule has 0 aromatic heterocycles. The monoisotopic (exact) mass is 236 g/mol. The molecule has 0 N–H and O–H groups in total. The maximum Gasteiger partial charge on any atom is 0.223 e. The van der Waals surface area contributed by atoms with Crippen molar-refractivity contribution in [2.24, 2.45) is 0 Å². The lowest BCUT2D eigenvalue weighted by Crippen LogP contribution is -2.26. The minimum absolute atomic E-state index is 0.0272. The second-order valence-electron chi connectivity index (χ2n) is 3.50. The molecule has 0 saturated carbocycles. The van der Waals surface area contributed by atoms with E-state index in [9.17, 15) is 4.79 Å². The number of amides is 1. The molecule has 84 valence electrons. The van der Waals surface area contributed by atoms with Gasteiger partial charge in [-0.1, -0.05) is 12.1 Å². The summed E-state index contributed by atoms with van der Waals surface area (Å²) in [5.41, 5.74) is 1.63. The number of nitriles is 1. The van der Waals surface area contributed by atoms with E-state index in [1.807, 2.05) is 12.1 Å². The van der Waals surface area contributed by atoms with Crippen molar-refractivity contribution in [1.29, 1.82) is 5.26 Å². The van der Waals surface area contributed by atoms with Crippen molar-refractivity contribution >= 4 is 17.5 Å². The topological polar surface area (TPSA) is 44.1 Å². The van der Waals surface area contributed by atoms with Crippen LogP contribution < -0.4 is 0 Å². The highest BCUT2D eigenvalue weighted by atomic mass is 35.5. The molecule has 3 nitrogen and oxygen atoms in total. The molecule has 16 heavy (non-hydrogen) atoms. The molecule has 0 bridgehead atoms. The number of alkyl halides is 1. The van der Waals surface area contributed by atoms with Gasteiger partial charge in [-0.2, -0.15) is 5.26 Å². The quantitative estimate of drug-likeness (QED) is 0.752. The molecule has 0 aliphatic rings. The van der Waals surface area contributed by atoms with Crippen molar-refractivity contribution in [2.75, 3.05) is 12.9 Å². The molecule has 1 aromatic carbocycles. The fourth-order valence-electron chi connectivity index (χ4n) is 1.32. The summed E-state index contributed by atoms with van der Waals surface area (Å²) in [7, 11) is 1.74. The van der Waals surface area contributed by atoms with E-state index >= 15 is 0 Å². The number of carbonyl (C=O) groups is 1. The van der Waals surface area contributed by atoms with E-state index in [0.717, 1.165) is 5.56 Å². The Bertz CT molecular complexity index is 394. The summed E-state index contributed by atoms with van der Waals surface area (Å²) in [4.78, 5) is 13.1. The third kappa shape index (κ3) is 3.56. The predicted octanol–water partition coefficient (Wildman–Crippen LogP) is 2.15. The highest BCUT2D eigenvalue weighted by molar-refractivity contribution is 6.18. The predicted molar refractivity (Wildman–Crippen MR) is 63.0 cm³/mol. The molecule has 1 aromatic rings. The summed E-state index contributed by atoms with van der Waals surface area (Å²) < 4.78 is 0. The van der Waals surface area contributed by atoms with Gasteiger partial charge in [-0.15, -0.1) is 11.6 Å². The van der Waals surface area contributed by atoms with Gasteiger partial charge < -0.3 is 4.90 Å². The molecule has 0 unspecified atom stereocenters. The van der Waals surface area contributed by atoms with Crippen LogP contribution in [0, 0.1) is 11.3 Å². The number of halogens is 1. The van der Waals surface area contributed by atoms with Crippen LogP contribution in [0.25, 0.3) is 0 Å². The Morgan fingerprint density at radius 1 is 1.44 bits per heavy atom. The summed E-state index contributed by atoms with van der Waals surface area (Å²) in [6, 6.07) is 9.24. The van der Waals surface area contributed by atoms with Crippen LogP contribution in [0.15, 0.2) is 24.3 Å². The van der Waals surface area contributed by atoms with Crippen LogP contribution in [0.1, 0.15) is 17.5 Å². The van der Waals surface area contributed by atoms with Crippen LogP contribution in [0.3, 0.4) is 0 Å². The van der Waals surface area contributed by atoms with Gasteiger partial charge in [0.25, 0.3) is 0 Å². The Hall–Kier alpha value is -1.53. The van der Waals surface area contributed by atoms with Gasteiger partial charge in [0.2, 0.25) is 5.91 Å². The smallest absolute Gasteiger partial charge is 0.223 e. The third-order valence-electron chi connectivity index (χ3n) is 2.24. The summed E-state index contributed by atoms with van der Waals surface area (Å²) in [5.74, 6) is 0.371. The van der Waals surface area contributed by atoms with Gasteiger partial charge in [0.1, 0.15) is 0 Å². The Balaban J connectivity index is 2.59. The molecule has 4 heteroatoms. The Labute approximate surface area is 100 Å². The molecule has 0 fully saturated rings. The largest absolute Gasteiger partial charge is 0.341 e. The number of nitrogens with zero attached hydrogens (tertiary/aromatic N) is 2. The number of carbonyl (C=O) groups excluding carboxylic acids is 1. The van der Waals surface area contributed by atoms with E-state index < -0.39 is 0 Å². The minimum Gasteiger partial charge on any atom is -0.341 e.